The van der Waals surface area contributed by atoms with E-state index in [4.69, 9.17) is 9.52 Å². The van der Waals surface area contributed by atoms with Gasteiger partial charge in [-0.2, -0.15) is 0 Å². The largest absolute Gasteiger partial charge is 0.478 e. The number of hydrogen-bond donors (Lipinski definition) is 1. The number of carboxylic acids is 1. The lowest BCUT2D eigenvalue weighted by Gasteiger charge is -1.99. The second kappa shape index (κ2) is 8.36. The lowest BCUT2D eigenvalue weighted by atomic mass is 10.1. The average molecular weight is 379 g/mol. The predicted octanol–water partition coefficient (Wildman–Crippen LogP) is 6.76. The van der Waals surface area contributed by atoms with E-state index in [1.807, 2.05) is 84.9 Å². The minimum Gasteiger partial charge on any atom is -0.478 e. The topological polar surface area (TPSA) is 48.6 Å². The fourth-order valence-corrected chi connectivity index (χ4v) is 3.04. The van der Waals surface area contributed by atoms with Gasteiger partial charge in [0.1, 0.15) is 0 Å². The summed E-state index contributed by atoms with van der Waals surface area (Å²) in [6.07, 6.45) is 3.97. The van der Waals surface area contributed by atoms with Crippen molar-refractivity contribution in [1.29, 1.82) is 0 Å². The standard InChI is InChI=1S/C26H18O3/c27-26(28)23-15-13-19(14-16-23)11-12-20-17-24(21-7-3-1-4-8-21)29-25(18-20)22-9-5-2-6-10-22/h1-18H/p+1/b12-11+. The summed E-state index contributed by atoms with van der Waals surface area (Å²) in [5.74, 6) is 0.644. The number of hydrogen-bond acceptors (Lipinski definition) is 1. The van der Waals surface area contributed by atoms with Crippen LogP contribution in [0, 0.1) is 0 Å². The molecule has 0 saturated heterocycles. The first-order valence-electron chi connectivity index (χ1n) is 9.29. The van der Waals surface area contributed by atoms with Crippen LogP contribution >= 0.6 is 0 Å². The average Bonchev–Trinajstić information content (AvgIpc) is 2.79. The van der Waals surface area contributed by atoms with E-state index < -0.39 is 5.97 Å². The van der Waals surface area contributed by atoms with Crippen molar-refractivity contribution in [1.82, 2.24) is 0 Å². The van der Waals surface area contributed by atoms with Gasteiger partial charge in [-0.15, -0.1) is 0 Å². The van der Waals surface area contributed by atoms with Crippen LogP contribution in [0.4, 0.5) is 0 Å². The summed E-state index contributed by atoms with van der Waals surface area (Å²) in [6, 6.07) is 30.8. The molecule has 0 unspecified atom stereocenters. The highest BCUT2D eigenvalue weighted by atomic mass is 16.4. The Morgan fingerprint density at radius 3 is 1.62 bits per heavy atom. The lowest BCUT2D eigenvalue weighted by Crippen LogP contribution is -1.94. The van der Waals surface area contributed by atoms with Gasteiger partial charge < -0.3 is 5.11 Å². The van der Waals surface area contributed by atoms with Gasteiger partial charge in [0.15, 0.2) is 0 Å². The van der Waals surface area contributed by atoms with Gasteiger partial charge in [-0.05, 0) is 47.5 Å². The highest BCUT2D eigenvalue weighted by molar-refractivity contribution is 5.88. The third-order valence-electron chi connectivity index (χ3n) is 4.56. The molecule has 0 aliphatic heterocycles. The number of carboxylic acid groups (broad SMARTS) is 1. The maximum atomic E-state index is 11.0. The zero-order valence-corrected chi connectivity index (χ0v) is 15.7. The minimum absolute atomic E-state index is 0.276. The van der Waals surface area contributed by atoms with Gasteiger partial charge in [0.05, 0.1) is 28.8 Å². The monoisotopic (exact) mass is 379 g/mol. The van der Waals surface area contributed by atoms with Gasteiger partial charge >= 0.3 is 17.5 Å². The summed E-state index contributed by atoms with van der Waals surface area (Å²) in [5, 5.41) is 9.03. The Morgan fingerprint density at radius 1 is 0.655 bits per heavy atom. The van der Waals surface area contributed by atoms with Crippen molar-refractivity contribution in [2.75, 3.05) is 0 Å². The molecule has 0 amide bonds. The fraction of sp³-hybridized carbons (Fsp3) is 0. The van der Waals surface area contributed by atoms with E-state index in [0.717, 1.165) is 33.8 Å². The number of carbonyl (C=O) groups is 1. The van der Waals surface area contributed by atoms with E-state index in [1.54, 1.807) is 24.3 Å². The number of benzene rings is 3. The SMILES string of the molecule is O=C(O)c1ccc(/C=C/c2cc(-c3ccccc3)[o+]c(-c3ccccc3)c2)cc1. The van der Waals surface area contributed by atoms with Gasteiger partial charge in [0, 0.05) is 0 Å². The van der Waals surface area contributed by atoms with Crippen molar-refractivity contribution in [3.8, 4) is 22.6 Å². The van der Waals surface area contributed by atoms with Crippen molar-refractivity contribution < 1.29 is 14.3 Å². The molecule has 0 saturated carbocycles. The van der Waals surface area contributed by atoms with E-state index in [1.165, 1.54) is 0 Å². The molecule has 0 fully saturated rings. The van der Waals surface area contributed by atoms with Crippen LogP contribution in [0.15, 0.2) is 101 Å². The van der Waals surface area contributed by atoms with E-state index in [0.29, 0.717) is 0 Å². The van der Waals surface area contributed by atoms with E-state index >= 15 is 0 Å². The third-order valence-corrected chi connectivity index (χ3v) is 4.56. The second-order valence-corrected chi connectivity index (χ2v) is 6.61. The Balaban J connectivity index is 1.73. The molecular weight excluding hydrogens is 360 g/mol. The van der Waals surface area contributed by atoms with Crippen LogP contribution in [0.3, 0.4) is 0 Å². The quantitative estimate of drug-likeness (QED) is 0.390. The fourth-order valence-electron chi connectivity index (χ4n) is 3.04. The molecule has 4 rings (SSSR count). The highest BCUT2D eigenvalue weighted by Gasteiger charge is 2.18. The maximum absolute atomic E-state index is 11.0. The molecule has 0 radical (unpaired) electrons. The molecule has 1 N–H and O–H groups in total. The molecule has 0 bridgehead atoms. The normalized spacial score (nSPS) is 10.9. The summed E-state index contributed by atoms with van der Waals surface area (Å²) in [4.78, 5) is 11.0. The molecule has 1 aromatic heterocycles. The van der Waals surface area contributed by atoms with Crippen LogP contribution in [0.1, 0.15) is 21.5 Å². The van der Waals surface area contributed by atoms with Crippen molar-refractivity contribution in [2.45, 2.75) is 0 Å². The number of rotatable bonds is 5. The van der Waals surface area contributed by atoms with Crippen LogP contribution in [0.2, 0.25) is 0 Å². The predicted molar refractivity (Wildman–Crippen MR) is 116 cm³/mol. The van der Waals surface area contributed by atoms with Gasteiger partial charge in [-0.1, -0.05) is 60.7 Å². The van der Waals surface area contributed by atoms with Gasteiger partial charge in [-0.25, -0.2) is 9.21 Å². The van der Waals surface area contributed by atoms with Crippen molar-refractivity contribution >= 4 is 18.1 Å². The maximum Gasteiger partial charge on any atom is 0.361 e. The van der Waals surface area contributed by atoms with Gasteiger partial charge in [0.25, 0.3) is 0 Å². The molecule has 29 heavy (non-hydrogen) atoms. The molecule has 3 nitrogen and oxygen atoms in total. The highest BCUT2D eigenvalue weighted by Crippen LogP contribution is 2.29. The Bertz CT molecular complexity index is 1090. The van der Waals surface area contributed by atoms with Crippen LogP contribution in [0.5, 0.6) is 0 Å². The molecule has 0 aliphatic carbocycles. The lowest BCUT2D eigenvalue weighted by molar-refractivity contribution is 0.0697. The van der Waals surface area contributed by atoms with Crippen LogP contribution in [-0.2, 0) is 0 Å². The minimum atomic E-state index is -0.926. The molecule has 1 heterocycles. The molecule has 140 valence electrons. The first kappa shape index (κ1) is 18.4. The Morgan fingerprint density at radius 2 is 1.14 bits per heavy atom. The number of aromatic carboxylic acids is 1. The molecular formula is C26H19O3+. The van der Waals surface area contributed by atoms with Crippen molar-refractivity contribution in [2.24, 2.45) is 0 Å². The zero-order chi connectivity index (χ0) is 20.1. The van der Waals surface area contributed by atoms with Crippen LogP contribution in [-0.4, -0.2) is 11.1 Å². The molecule has 3 heteroatoms. The Labute approximate surface area is 169 Å². The summed E-state index contributed by atoms with van der Waals surface area (Å²) < 4.78 is 6.19. The van der Waals surface area contributed by atoms with E-state index in [2.05, 4.69) is 0 Å². The molecule has 0 aliphatic rings. The summed E-state index contributed by atoms with van der Waals surface area (Å²) in [7, 11) is 0. The van der Waals surface area contributed by atoms with Crippen molar-refractivity contribution in [3.05, 3.63) is 114 Å². The Kier molecular flexibility index (Phi) is 5.30. The summed E-state index contributed by atoms with van der Waals surface area (Å²) in [6.45, 7) is 0. The first-order chi connectivity index (χ1) is 14.2. The Hall–Kier alpha value is -3.98. The van der Waals surface area contributed by atoms with E-state index in [-0.39, 0.29) is 5.56 Å². The van der Waals surface area contributed by atoms with Gasteiger partial charge in [0.2, 0.25) is 0 Å². The summed E-state index contributed by atoms with van der Waals surface area (Å²) >= 11 is 0. The molecule has 0 spiro atoms. The second-order valence-electron chi connectivity index (χ2n) is 6.61. The smallest absolute Gasteiger partial charge is 0.361 e. The summed E-state index contributed by atoms with van der Waals surface area (Å²) in [5.41, 5.74) is 4.21. The zero-order valence-electron chi connectivity index (χ0n) is 15.7. The molecule has 0 atom stereocenters. The first-order valence-corrected chi connectivity index (χ1v) is 9.29. The third kappa shape index (κ3) is 4.47. The molecule has 3 aromatic carbocycles. The van der Waals surface area contributed by atoms with E-state index in [9.17, 15) is 4.79 Å². The van der Waals surface area contributed by atoms with Crippen molar-refractivity contribution in [3.63, 3.8) is 0 Å². The van der Waals surface area contributed by atoms with Gasteiger partial charge in [-0.3, -0.25) is 0 Å². The molecule has 4 aromatic rings. The van der Waals surface area contributed by atoms with Crippen LogP contribution < -0.4 is 0 Å². The van der Waals surface area contributed by atoms with Crippen LogP contribution in [0.25, 0.3) is 34.8 Å².